The molecule has 2 aromatic rings. The molecule has 2 aliphatic heterocycles. The molecule has 3 heterocycles. The van der Waals surface area contributed by atoms with Gasteiger partial charge < -0.3 is 19.1 Å². The van der Waals surface area contributed by atoms with E-state index in [1.54, 1.807) is 11.3 Å². The summed E-state index contributed by atoms with van der Waals surface area (Å²) in [5.74, 6) is 4.24. The lowest BCUT2D eigenvalue weighted by atomic mass is 10.0. The van der Waals surface area contributed by atoms with Gasteiger partial charge in [0.1, 0.15) is 6.61 Å². The fourth-order valence-corrected chi connectivity index (χ4v) is 5.36. The Kier molecular flexibility index (Phi) is 7.79. The Labute approximate surface area is 200 Å². The summed E-state index contributed by atoms with van der Waals surface area (Å²) in [7, 11) is 0. The van der Waals surface area contributed by atoms with E-state index >= 15 is 0 Å². The minimum absolute atomic E-state index is 0.204. The first kappa shape index (κ1) is 23.5. The van der Waals surface area contributed by atoms with Crippen molar-refractivity contribution in [2.45, 2.75) is 45.7 Å². The summed E-state index contributed by atoms with van der Waals surface area (Å²) in [6.45, 7) is 8.54. The zero-order chi connectivity index (χ0) is 23.2. The van der Waals surface area contributed by atoms with E-state index in [1.165, 1.54) is 9.75 Å². The molecule has 1 saturated heterocycles. The van der Waals surface area contributed by atoms with Crippen LogP contribution in [0.15, 0.2) is 24.3 Å². The molecule has 0 saturated carbocycles. The third-order valence-corrected chi connectivity index (χ3v) is 7.22. The molecule has 0 spiro atoms. The predicted octanol–water partition coefficient (Wildman–Crippen LogP) is 4.94. The van der Waals surface area contributed by atoms with E-state index in [9.17, 15) is 4.79 Å². The summed E-state index contributed by atoms with van der Waals surface area (Å²) in [6.07, 6.45) is 7.65. The zero-order valence-corrected chi connectivity index (χ0v) is 20.3. The molecule has 2 aliphatic rings. The Morgan fingerprint density at radius 3 is 2.79 bits per heavy atom. The molecule has 0 atom stereocenters. The highest BCUT2D eigenvalue weighted by molar-refractivity contribution is 7.15. The number of aryl methyl sites for hydroxylation is 1. The number of benzene rings is 1. The van der Waals surface area contributed by atoms with Crippen LogP contribution >= 0.6 is 11.3 Å². The van der Waals surface area contributed by atoms with Crippen molar-refractivity contribution >= 4 is 17.4 Å². The van der Waals surface area contributed by atoms with Crippen molar-refractivity contribution < 1.29 is 19.0 Å². The van der Waals surface area contributed by atoms with E-state index in [-0.39, 0.29) is 6.09 Å². The van der Waals surface area contributed by atoms with Crippen molar-refractivity contribution in [3.05, 3.63) is 34.7 Å². The summed E-state index contributed by atoms with van der Waals surface area (Å²) in [4.78, 5) is 18.9. The summed E-state index contributed by atoms with van der Waals surface area (Å²) < 4.78 is 17.5. The highest BCUT2D eigenvalue weighted by atomic mass is 32.1. The zero-order valence-electron chi connectivity index (χ0n) is 19.5. The number of fused-ring (bicyclic) bond motifs is 1. The molecular formula is C26H32N2O4S. The van der Waals surface area contributed by atoms with Gasteiger partial charge in [0, 0.05) is 54.0 Å². The molecule has 1 aromatic heterocycles. The van der Waals surface area contributed by atoms with Gasteiger partial charge in [-0.05, 0) is 56.5 Å². The number of rotatable bonds is 6. The van der Waals surface area contributed by atoms with Gasteiger partial charge in [-0.2, -0.15) is 0 Å². The maximum absolute atomic E-state index is 12.1. The SMILES string of the molecule is C#CCCOc1cc(-c2ccc(C)s2)cc2c1OCCN(C1CCN(C(=O)OCC)CC1)C2. The van der Waals surface area contributed by atoms with Crippen LogP contribution in [0.4, 0.5) is 4.79 Å². The minimum atomic E-state index is -0.204. The first-order valence-electron chi connectivity index (χ1n) is 11.7. The van der Waals surface area contributed by atoms with E-state index < -0.39 is 0 Å². The summed E-state index contributed by atoms with van der Waals surface area (Å²) in [5, 5.41) is 0. The van der Waals surface area contributed by atoms with Gasteiger partial charge >= 0.3 is 6.09 Å². The molecule has 1 amide bonds. The van der Waals surface area contributed by atoms with E-state index in [0.717, 1.165) is 61.6 Å². The van der Waals surface area contributed by atoms with E-state index in [2.05, 4.69) is 42.0 Å². The third kappa shape index (κ3) is 5.63. The second kappa shape index (κ2) is 11.0. The Morgan fingerprint density at radius 2 is 2.09 bits per heavy atom. The summed E-state index contributed by atoms with van der Waals surface area (Å²) in [5.41, 5.74) is 2.28. The third-order valence-electron chi connectivity index (χ3n) is 6.17. The van der Waals surface area contributed by atoms with Crippen LogP contribution < -0.4 is 9.47 Å². The van der Waals surface area contributed by atoms with Crippen LogP contribution in [0.5, 0.6) is 11.5 Å². The molecule has 33 heavy (non-hydrogen) atoms. The monoisotopic (exact) mass is 468 g/mol. The molecule has 176 valence electrons. The van der Waals surface area contributed by atoms with Crippen molar-refractivity contribution in [2.75, 3.05) is 39.5 Å². The topological polar surface area (TPSA) is 51.2 Å². The maximum atomic E-state index is 12.1. The molecular weight excluding hydrogens is 436 g/mol. The molecule has 0 radical (unpaired) electrons. The Bertz CT molecular complexity index is 1000. The first-order chi connectivity index (χ1) is 16.1. The number of amides is 1. The van der Waals surface area contributed by atoms with Gasteiger partial charge in [0.05, 0.1) is 13.2 Å². The molecule has 0 unspecified atom stereocenters. The van der Waals surface area contributed by atoms with Crippen LogP contribution in [0.2, 0.25) is 0 Å². The Balaban J connectivity index is 1.54. The number of carbonyl (C=O) groups excluding carboxylic acids is 1. The van der Waals surface area contributed by atoms with E-state index in [1.807, 2.05) is 11.8 Å². The second-order valence-corrected chi connectivity index (χ2v) is 9.70. The fraction of sp³-hybridized carbons (Fsp3) is 0.500. The van der Waals surface area contributed by atoms with Gasteiger partial charge in [-0.1, -0.05) is 0 Å². The number of hydrogen-bond acceptors (Lipinski definition) is 6. The van der Waals surface area contributed by atoms with Gasteiger partial charge in [-0.15, -0.1) is 23.7 Å². The number of ether oxygens (including phenoxy) is 3. The number of hydrogen-bond donors (Lipinski definition) is 0. The van der Waals surface area contributed by atoms with Crippen molar-refractivity contribution in [2.24, 2.45) is 0 Å². The van der Waals surface area contributed by atoms with Crippen LogP contribution in [-0.4, -0.2) is 61.4 Å². The number of piperidine rings is 1. The standard InChI is InChI=1S/C26H32N2O4S/c1-4-6-14-31-23-17-20(24-8-7-19(3)33-24)16-21-18-28(13-15-32-25(21)23)22-9-11-27(12-10-22)26(29)30-5-2/h1,7-8,16-17,22H,5-6,9-15,18H2,2-3H3. The normalized spacial score (nSPS) is 16.9. The smallest absolute Gasteiger partial charge is 0.409 e. The second-order valence-electron chi connectivity index (χ2n) is 8.41. The number of thiophene rings is 1. The van der Waals surface area contributed by atoms with E-state index in [4.69, 9.17) is 20.6 Å². The molecule has 1 aromatic carbocycles. The number of likely N-dealkylation sites (tertiary alicyclic amines) is 1. The molecule has 0 N–H and O–H groups in total. The van der Waals surface area contributed by atoms with Crippen molar-refractivity contribution in [3.8, 4) is 34.3 Å². The summed E-state index contributed by atoms with van der Waals surface area (Å²) in [6, 6.07) is 9.02. The van der Waals surface area contributed by atoms with Crippen molar-refractivity contribution in [1.29, 1.82) is 0 Å². The Morgan fingerprint density at radius 1 is 1.27 bits per heavy atom. The van der Waals surface area contributed by atoms with Crippen molar-refractivity contribution in [3.63, 3.8) is 0 Å². The van der Waals surface area contributed by atoms with Gasteiger partial charge in [0.2, 0.25) is 0 Å². The number of nitrogens with zero attached hydrogens (tertiary/aromatic N) is 2. The van der Waals surface area contributed by atoms with Gasteiger partial charge in [0.25, 0.3) is 0 Å². The first-order valence-corrected chi connectivity index (χ1v) is 12.5. The number of carbonyl (C=O) groups is 1. The van der Waals surface area contributed by atoms with Gasteiger partial charge in [-0.3, -0.25) is 4.90 Å². The van der Waals surface area contributed by atoms with Gasteiger partial charge in [0.15, 0.2) is 11.5 Å². The van der Waals surface area contributed by atoms with Crippen LogP contribution in [0.3, 0.4) is 0 Å². The van der Waals surface area contributed by atoms with Crippen LogP contribution in [-0.2, 0) is 11.3 Å². The average molecular weight is 469 g/mol. The molecule has 6 nitrogen and oxygen atoms in total. The Hall–Kier alpha value is -2.69. The maximum Gasteiger partial charge on any atom is 0.409 e. The predicted molar refractivity (Wildman–Crippen MR) is 131 cm³/mol. The van der Waals surface area contributed by atoms with Crippen LogP contribution in [0.25, 0.3) is 10.4 Å². The molecule has 7 heteroatoms. The largest absolute Gasteiger partial charge is 0.489 e. The lowest BCUT2D eigenvalue weighted by molar-refractivity contribution is 0.0704. The molecule has 0 bridgehead atoms. The lowest BCUT2D eigenvalue weighted by Gasteiger charge is -2.37. The van der Waals surface area contributed by atoms with E-state index in [0.29, 0.717) is 32.3 Å². The molecule has 1 fully saturated rings. The van der Waals surface area contributed by atoms with Gasteiger partial charge in [-0.25, -0.2) is 4.79 Å². The van der Waals surface area contributed by atoms with Crippen molar-refractivity contribution in [1.82, 2.24) is 9.80 Å². The molecule has 0 aliphatic carbocycles. The average Bonchev–Trinajstić information content (AvgIpc) is 3.14. The highest BCUT2D eigenvalue weighted by Crippen LogP contribution is 2.41. The van der Waals surface area contributed by atoms with Crippen LogP contribution in [0.1, 0.15) is 36.6 Å². The van der Waals surface area contributed by atoms with Crippen LogP contribution in [0, 0.1) is 19.3 Å². The lowest BCUT2D eigenvalue weighted by Crippen LogP contribution is -2.47. The fourth-order valence-electron chi connectivity index (χ4n) is 4.50. The minimum Gasteiger partial charge on any atom is -0.489 e. The number of terminal acetylenes is 1. The summed E-state index contributed by atoms with van der Waals surface area (Å²) >= 11 is 1.78. The quantitative estimate of drug-likeness (QED) is 0.444. The highest BCUT2D eigenvalue weighted by Gasteiger charge is 2.30. The molecule has 4 rings (SSSR count).